The van der Waals surface area contributed by atoms with Gasteiger partial charge in [0.15, 0.2) is 0 Å². The zero-order valence-corrected chi connectivity index (χ0v) is 6.42. The first-order chi connectivity index (χ1) is 5.24. The summed E-state index contributed by atoms with van der Waals surface area (Å²) in [5.74, 6) is 0.0856. The molecular formula is C7H14N2O2. The van der Waals surface area contributed by atoms with E-state index in [-0.39, 0.29) is 18.4 Å². The van der Waals surface area contributed by atoms with E-state index in [1.165, 1.54) is 0 Å². The summed E-state index contributed by atoms with van der Waals surface area (Å²) in [4.78, 5) is 10.8. The third-order valence-electron chi connectivity index (χ3n) is 2.07. The summed E-state index contributed by atoms with van der Waals surface area (Å²) >= 11 is 0. The standard InChI is InChI=1S/C7H14N2O2/c8-4-6(10)5-1-2-9-7(11)3-5/h5-6,10H,1-4,8H2,(H,9,11). The molecule has 1 amide bonds. The summed E-state index contributed by atoms with van der Waals surface area (Å²) in [6.45, 7) is 0.915. The molecule has 64 valence electrons. The molecule has 4 nitrogen and oxygen atoms in total. The topological polar surface area (TPSA) is 75.3 Å². The summed E-state index contributed by atoms with van der Waals surface area (Å²) in [7, 11) is 0. The third kappa shape index (κ3) is 2.17. The summed E-state index contributed by atoms with van der Waals surface area (Å²) in [5.41, 5.74) is 5.27. The Hall–Kier alpha value is -0.610. The van der Waals surface area contributed by atoms with Gasteiger partial charge in [0.2, 0.25) is 5.91 Å². The highest BCUT2D eigenvalue weighted by Crippen LogP contribution is 2.15. The van der Waals surface area contributed by atoms with E-state index in [0.717, 1.165) is 6.42 Å². The van der Waals surface area contributed by atoms with Gasteiger partial charge in [-0.15, -0.1) is 0 Å². The van der Waals surface area contributed by atoms with E-state index in [1.807, 2.05) is 0 Å². The second-order valence-electron chi connectivity index (χ2n) is 2.91. The maximum atomic E-state index is 10.8. The van der Waals surface area contributed by atoms with Crippen LogP contribution in [0.2, 0.25) is 0 Å². The van der Waals surface area contributed by atoms with Crippen molar-refractivity contribution < 1.29 is 9.90 Å². The molecule has 1 rings (SSSR count). The van der Waals surface area contributed by atoms with E-state index in [0.29, 0.717) is 13.0 Å². The highest BCUT2D eigenvalue weighted by molar-refractivity contribution is 5.76. The number of rotatable bonds is 2. The van der Waals surface area contributed by atoms with Crippen molar-refractivity contribution >= 4 is 5.91 Å². The molecule has 0 radical (unpaired) electrons. The number of hydrogen-bond donors (Lipinski definition) is 3. The van der Waals surface area contributed by atoms with Crippen molar-refractivity contribution in [3.8, 4) is 0 Å². The van der Waals surface area contributed by atoms with Gasteiger partial charge >= 0.3 is 0 Å². The van der Waals surface area contributed by atoms with Gasteiger partial charge in [-0.3, -0.25) is 4.79 Å². The van der Waals surface area contributed by atoms with Crippen molar-refractivity contribution in [3.63, 3.8) is 0 Å². The molecule has 1 saturated heterocycles. The van der Waals surface area contributed by atoms with E-state index >= 15 is 0 Å². The molecule has 0 aromatic rings. The molecule has 0 spiro atoms. The summed E-state index contributed by atoms with van der Waals surface area (Å²) < 4.78 is 0. The number of carbonyl (C=O) groups excluding carboxylic acids is 1. The fourth-order valence-corrected chi connectivity index (χ4v) is 1.33. The lowest BCUT2D eigenvalue weighted by Crippen LogP contribution is -2.40. The first-order valence-electron chi connectivity index (χ1n) is 3.89. The van der Waals surface area contributed by atoms with Gasteiger partial charge in [0.25, 0.3) is 0 Å². The number of hydrogen-bond acceptors (Lipinski definition) is 3. The first kappa shape index (κ1) is 8.49. The van der Waals surface area contributed by atoms with Crippen molar-refractivity contribution in [2.45, 2.75) is 18.9 Å². The SMILES string of the molecule is NCC(O)C1CCNC(=O)C1. The Bertz CT molecular complexity index is 149. The highest BCUT2D eigenvalue weighted by Gasteiger charge is 2.24. The molecule has 11 heavy (non-hydrogen) atoms. The van der Waals surface area contributed by atoms with Crippen LogP contribution in [0.15, 0.2) is 0 Å². The van der Waals surface area contributed by atoms with Gasteiger partial charge in [-0.05, 0) is 12.3 Å². The van der Waals surface area contributed by atoms with E-state index < -0.39 is 6.10 Å². The third-order valence-corrected chi connectivity index (χ3v) is 2.07. The molecule has 2 unspecified atom stereocenters. The molecule has 0 aromatic heterocycles. The van der Waals surface area contributed by atoms with E-state index in [2.05, 4.69) is 5.32 Å². The molecule has 2 atom stereocenters. The van der Waals surface area contributed by atoms with Crippen molar-refractivity contribution in [1.82, 2.24) is 5.32 Å². The maximum Gasteiger partial charge on any atom is 0.220 e. The van der Waals surface area contributed by atoms with Crippen molar-refractivity contribution in [1.29, 1.82) is 0 Å². The normalized spacial score (nSPS) is 27.8. The van der Waals surface area contributed by atoms with Gasteiger partial charge in [0.05, 0.1) is 6.10 Å². The van der Waals surface area contributed by atoms with Crippen LogP contribution in [0.4, 0.5) is 0 Å². The largest absolute Gasteiger partial charge is 0.392 e. The second kappa shape index (κ2) is 3.69. The van der Waals surface area contributed by atoms with Gasteiger partial charge in [-0.25, -0.2) is 0 Å². The predicted octanol–water partition coefficient (Wildman–Crippen LogP) is -1.17. The molecule has 0 aliphatic carbocycles. The van der Waals surface area contributed by atoms with E-state index in [1.54, 1.807) is 0 Å². The minimum absolute atomic E-state index is 0.0220. The lowest BCUT2D eigenvalue weighted by molar-refractivity contribution is -0.124. The van der Waals surface area contributed by atoms with Gasteiger partial charge in [0, 0.05) is 19.5 Å². The Labute approximate surface area is 65.8 Å². The van der Waals surface area contributed by atoms with Gasteiger partial charge < -0.3 is 16.2 Å². The lowest BCUT2D eigenvalue weighted by Gasteiger charge is -2.25. The Balaban J connectivity index is 2.39. The fourth-order valence-electron chi connectivity index (χ4n) is 1.33. The first-order valence-corrected chi connectivity index (χ1v) is 3.89. The molecule has 4 heteroatoms. The number of nitrogens with one attached hydrogen (secondary N) is 1. The van der Waals surface area contributed by atoms with Crippen molar-refractivity contribution in [2.24, 2.45) is 11.7 Å². The van der Waals surface area contributed by atoms with E-state index in [9.17, 15) is 9.90 Å². The number of aliphatic hydroxyl groups is 1. The molecule has 0 bridgehead atoms. The fraction of sp³-hybridized carbons (Fsp3) is 0.857. The summed E-state index contributed by atoms with van der Waals surface area (Å²) in [6.07, 6.45) is 0.740. The number of nitrogens with two attached hydrogens (primary N) is 1. The van der Waals surface area contributed by atoms with Crippen LogP contribution in [0.5, 0.6) is 0 Å². The average Bonchev–Trinajstić information content (AvgIpc) is 2.03. The number of carbonyl (C=O) groups is 1. The zero-order valence-electron chi connectivity index (χ0n) is 6.42. The Morgan fingerprint density at radius 2 is 2.55 bits per heavy atom. The zero-order chi connectivity index (χ0) is 8.27. The van der Waals surface area contributed by atoms with Crippen LogP contribution < -0.4 is 11.1 Å². The molecular weight excluding hydrogens is 144 g/mol. The smallest absolute Gasteiger partial charge is 0.220 e. The minimum Gasteiger partial charge on any atom is -0.392 e. The van der Waals surface area contributed by atoms with Crippen molar-refractivity contribution in [2.75, 3.05) is 13.1 Å². The Kier molecular flexibility index (Phi) is 2.84. The quantitative estimate of drug-likeness (QED) is 0.474. The molecule has 1 fully saturated rings. The van der Waals surface area contributed by atoms with Crippen LogP contribution in [-0.4, -0.2) is 30.2 Å². The monoisotopic (exact) mass is 158 g/mol. The minimum atomic E-state index is -0.513. The average molecular weight is 158 g/mol. The summed E-state index contributed by atoms with van der Waals surface area (Å²) in [5, 5.41) is 12.0. The lowest BCUT2D eigenvalue weighted by atomic mass is 9.92. The number of piperidine rings is 1. The molecule has 0 saturated carbocycles. The van der Waals surface area contributed by atoms with Gasteiger partial charge in [-0.1, -0.05) is 0 Å². The van der Waals surface area contributed by atoms with Crippen LogP contribution in [0, 0.1) is 5.92 Å². The predicted molar refractivity (Wildman–Crippen MR) is 40.8 cm³/mol. The molecule has 1 heterocycles. The van der Waals surface area contributed by atoms with Crippen LogP contribution in [-0.2, 0) is 4.79 Å². The van der Waals surface area contributed by atoms with E-state index in [4.69, 9.17) is 5.73 Å². The maximum absolute atomic E-state index is 10.8. The molecule has 4 N–H and O–H groups in total. The van der Waals surface area contributed by atoms with Crippen LogP contribution >= 0.6 is 0 Å². The number of amides is 1. The Morgan fingerprint density at radius 3 is 3.09 bits per heavy atom. The van der Waals surface area contributed by atoms with Crippen LogP contribution in [0.1, 0.15) is 12.8 Å². The van der Waals surface area contributed by atoms with Gasteiger partial charge in [0.1, 0.15) is 0 Å². The molecule has 1 aliphatic heterocycles. The number of aliphatic hydroxyl groups excluding tert-OH is 1. The van der Waals surface area contributed by atoms with Crippen LogP contribution in [0.3, 0.4) is 0 Å². The summed E-state index contributed by atoms with van der Waals surface area (Å²) in [6, 6.07) is 0. The highest BCUT2D eigenvalue weighted by atomic mass is 16.3. The Morgan fingerprint density at radius 1 is 1.82 bits per heavy atom. The van der Waals surface area contributed by atoms with Gasteiger partial charge in [-0.2, -0.15) is 0 Å². The van der Waals surface area contributed by atoms with Crippen molar-refractivity contribution in [3.05, 3.63) is 0 Å². The molecule has 1 aliphatic rings. The molecule has 0 aromatic carbocycles. The second-order valence-corrected chi connectivity index (χ2v) is 2.91. The van der Waals surface area contributed by atoms with Crippen LogP contribution in [0.25, 0.3) is 0 Å².